The molecule has 0 aromatic heterocycles. The lowest BCUT2D eigenvalue weighted by molar-refractivity contribution is -0.147. The van der Waals surface area contributed by atoms with E-state index in [1.807, 2.05) is 32.9 Å². The summed E-state index contributed by atoms with van der Waals surface area (Å²) in [6, 6.07) is 6.68. The number of nitrogens with one attached hydrogen (secondary N) is 1. The van der Waals surface area contributed by atoms with Crippen molar-refractivity contribution in [1.29, 1.82) is 0 Å². The summed E-state index contributed by atoms with van der Waals surface area (Å²) in [6.45, 7) is 11.0. The number of hydrogen-bond donors (Lipinski definition) is 1. The van der Waals surface area contributed by atoms with E-state index in [0.29, 0.717) is 5.02 Å². The van der Waals surface area contributed by atoms with Crippen molar-refractivity contribution in [3.63, 3.8) is 0 Å². The number of rotatable bonds is 7. The molecule has 0 fully saturated rings. The van der Waals surface area contributed by atoms with Crippen LogP contribution in [0.15, 0.2) is 36.9 Å². The van der Waals surface area contributed by atoms with E-state index in [-0.39, 0.29) is 12.6 Å². The number of benzene rings is 1. The van der Waals surface area contributed by atoms with E-state index in [1.54, 1.807) is 19.1 Å². The van der Waals surface area contributed by atoms with Crippen LogP contribution < -0.4 is 4.72 Å². The molecule has 0 heterocycles. The summed E-state index contributed by atoms with van der Waals surface area (Å²) in [5, 5.41) is 0.603. The van der Waals surface area contributed by atoms with E-state index in [1.165, 1.54) is 6.08 Å². The third-order valence-electron chi connectivity index (χ3n) is 3.23. The van der Waals surface area contributed by atoms with Gasteiger partial charge in [0.05, 0.1) is 27.7 Å². The van der Waals surface area contributed by atoms with Gasteiger partial charge >= 0.3 is 5.97 Å². The van der Waals surface area contributed by atoms with Gasteiger partial charge in [0, 0.05) is 5.02 Å². The van der Waals surface area contributed by atoms with Gasteiger partial charge in [0.25, 0.3) is 0 Å². The topological polar surface area (TPSA) is 55.4 Å². The number of carbonyl (C=O) groups excluding carboxylic acids is 1. The highest BCUT2D eigenvalue weighted by Crippen LogP contribution is 2.26. The molecule has 0 aliphatic rings. The van der Waals surface area contributed by atoms with Crippen LogP contribution in [-0.2, 0) is 20.5 Å². The second-order valence-corrected chi connectivity index (χ2v) is 8.67. The van der Waals surface area contributed by atoms with Crippen molar-refractivity contribution in [3.05, 3.63) is 47.5 Å². The van der Waals surface area contributed by atoms with Crippen LogP contribution in [0.2, 0.25) is 5.02 Å². The molecule has 1 aromatic carbocycles. The van der Waals surface area contributed by atoms with Crippen molar-refractivity contribution in [2.45, 2.75) is 38.5 Å². The molecule has 3 atom stereocenters. The monoisotopic (exact) mass is 357 g/mol. The Labute approximate surface area is 145 Å². The van der Waals surface area contributed by atoms with Crippen molar-refractivity contribution in [2.75, 3.05) is 6.61 Å². The molecule has 0 spiro atoms. The zero-order chi connectivity index (χ0) is 17.6. The summed E-state index contributed by atoms with van der Waals surface area (Å²) in [7, 11) is -1.33. The predicted molar refractivity (Wildman–Crippen MR) is 95.5 cm³/mol. The SMILES string of the molecule is C=CCOC(=O)[C@@H](C)[C@H](NS(=O)C(C)(C)C)c1ccc(Cl)cc1. The van der Waals surface area contributed by atoms with Gasteiger partial charge < -0.3 is 4.74 Å². The predicted octanol–water partition coefficient (Wildman–Crippen LogP) is 3.80. The van der Waals surface area contributed by atoms with Crippen molar-refractivity contribution in [3.8, 4) is 0 Å². The summed E-state index contributed by atoms with van der Waals surface area (Å²) < 4.78 is 20.2. The third-order valence-corrected chi connectivity index (χ3v) is 5.07. The first-order chi connectivity index (χ1) is 10.7. The van der Waals surface area contributed by atoms with Crippen LogP contribution >= 0.6 is 11.6 Å². The van der Waals surface area contributed by atoms with Crippen LogP contribution in [0.5, 0.6) is 0 Å². The highest BCUT2D eigenvalue weighted by atomic mass is 35.5. The zero-order valence-corrected chi connectivity index (χ0v) is 15.5. The van der Waals surface area contributed by atoms with Gasteiger partial charge in [-0.15, -0.1) is 0 Å². The largest absolute Gasteiger partial charge is 0.461 e. The summed E-state index contributed by atoms with van der Waals surface area (Å²) in [4.78, 5) is 12.2. The molecule has 128 valence electrons. The third kappa shape index (κ3) is 6.09. The zero-order valence-electron chi connectivity index (χ0n) is 14.0. The molecule has 6 heteroatoms. The molecule has 23 heavy (non-hydrogen) atoms. The van der Waals surface area contributed by atoms with E-state index in [9.17, 15) is 9.00 Å². The molecule has 1 rings (SSSR count). The standard InChI is InChI=1S/C17H24ClNO3S/c1-6-11-22-16(20)12(2)15(19-23(21)17(3,4)5)13-7-9-14(18)10-8-13/h6-10,12,15,19H,1,11H2,2-5H3/t12-,15-,23?/m0/s1. The average molecular weight is 358 g/mol. The van der Waals surface area contributed by atoms with Crippen LogP contribution in [0.1, 0.15) is 39.3 Å². The number of esters is 1. The fourth-order valence-electron chi connectivity index (χ4n) is 1.83. The molecule has 0 amide bonds. The molecular weight excluding hydrogens is 334 g/mol. The lowest BCUT2D eigenvalue weighted by Gasteiger charge is -2.27. The van der Waals surface area contributed by atoms with E-state index in [0.717, 1.165) is 5.56 Å². The smallest absolute Gasteiger partial charge is 0.310 e. The van der Waals surface area contributed by atoms with Crippen LogP contribution in [0.4, 0.5) is 0 Å². The lowest BCUT2D eigenvalue weighted by Crippen LogP contribution is -2.40. The minimum atomic E-state index is -1.33. The molecule has 1 aromatic rings. The summed E-state index contributed by atoms with van der Waals surface area (Å²) in [5.74, 6) is -0.884. The molecule has 0 radical (unpaired) electrons. The maximum Gasteiger partial charge on any atom is 0.310 e. The van der Waals surface area contributed by atoms with Gasteiger partial charge in [-0.2, -0.15) is 0 Å². The Morgan fingerprint density at radius 1 is 1.39 bits per heavy atom. The Morgan fingerprint density at radius 2 is 1.96 bits per heavy atom. The van der Waals surface area contributed by atoms with Crippen molar-refractivity contribution in [2.24, 2.45) is 5.92 Å². The van der Waals surface area contributed by atoms with Gasteiger partial charge in [0.1, 0.15) is 6.61 Å². The fraction of sp³-hybridized carbons (Fsp3) is 0.471. The van der Waals surface area contributed by atoms with Gasteiger partial charge in [-0.05, 0) is 38.5 Å². The minimum absolute atomic E-state index is 0.152. The van der Waals surface area contributed by atoms with Gasteiger partial charge in [-0.25, -0.2) is 8.93 Å². The second-order valence-electron chi connectivity index (χ2n) is 6.24. The first-order valence-corrected chi connectivity index (χ1v) is 8.90. The van der Waals surface area contributed by atoms with Crippen molar-refractivity contribution in [1.82, 2.24) is 4.72 Å². The molecule has 4 nitrogen and oxygen atoms in total. The van der Waals surface area contributed by atoms with Crippen LogP contribution in [0.3, 0.4) is 0 Å². The minimum Gasteiger partial charge on any atom is -0.461 e. The maximum absolute atomic E-state index is 12.5. The molecular formula is C17H24ClNO3S. The molecule has 0 aliphatic carbocycles. The van der Waals surface area contributed by atoms with Crippen LogP contribution in [0.25, 0.3) is 0 Å². The second kappa shape index (κ2) is 8.62. The van der Waals surface area contributed by atoms with E-state index in [4.69, 9.17) is 16.3 Å². The summed E-state index contributed by atoms with van der Waals surface area (Å²) >= 11 is 5.92. The molecule has 0 saturated carbocycles. The van der Waals surface area contributed by atoms with Gasteiger partial charge in [0.15, 0.2) is 0 Å². The van der Waals surface area contributed by atoms with Gasteiger partial charge in [-0.3, -0.25) is 4.79 Å². The molecule has 0 saturated heterocycles. The number of carbonyl (C=O) groups is 1. The van der Waals surface area contributed by atoms with E-state index >= 15 is 0 Å². The molecule has 0 aliphatic heterocycles. The quantitative estimate of drug-likeness (QED) is 0.596. The van der Waals surface area contributed by atoms with Crippen LogP contribution in [0, 0.1) is 5.92 Å². The summed E-state index contributed by atoms with van der Waals surface area (Å²) in [5.41, 5.74) is 0.829. The first-order valence-electron chi connectivity index (χ1n) is 7.38. The van der Waals surface area contributed by atoms with Crippen molar-refractivity contribution < 1.29 is 13.7 Å². The lowest BCUT2D eigenvalue weighted by atomic mass is 9.95. The Kier molecular flexibility index (Phi) is 7.45. The fourth-order valence-corrected chi connectivity index (χ4v) is 2.88. The van der Waals surface area contributed by atoms with E-state index < -0.39 is 27.7 Å². The van der Waals surface area contributed by atoms with Crippen molar-refractivity contribution >= 4 is 28.6 Å². The Morgan fingerprint density at radius 3 is 2.43 bits per heavy atom. The Bertz CT molecular complexity index is 566. The highest BCUT2D eigenvalue weighted by molar-refractivity contribution is 7.84. The Hall–Kier alpha value is -1.17. The molecule has 0 bridgehead atoms. The normalized spacial score (nSPS) is 15.5. The van der Waals surface area contributed by atoms with E-state index in [2.05, 4.69) is 11.3 Å². The molecule has 1 N–H and O–H groups in total. The highest BCUT2D eigenvalue weighted by Gasteiger charge is 2.31. The van der Waals surface area contributed by atoms with Crippen LogP contribution in [-0.4, -0.2) is 21.5 Å². The maximum atomic E-state index is 12.5. The summed E-state index contributed by atoms with van der Waals surface area (Å²) in [6.07, 6.45) is 1.52. The van der Waals surface area contributed by atoms with Gasteiger partial charge in [0.2, 0.25) is 0 Å². The number of halogens is 1. The average Bonchev–Trinajstić information content (AvgIpc) is 2.49. The van der Waals surface area contributed by atoms with Gasteiger partial charge in [-0.1, -0.05) is 43.3 Å². The number of hydrogen-bond acceptors (Lipinski definition) is 3. The number of ether oxygens (including phenoxy) is 1. The Balaban J connectivity index is 3.05. The molecule has 1 unspecified atom stereocenters. The first kappa shape index (κ1) is 19.9.